The van der Waals surface area contributed by atoms with Gasteiger partial charge in [0, 0.05) is 12.5 Å². The number of nitrogens with one attached hydrogen (secondary N) is 1. The quantitative estimate of drug-likeness (QED) is 0.803. The zero-order valence-corrected chi connectivity index (χ0v) is 14.5. The molecule has 3 rings (SSSR count). The van der Waals surface area contributed by atoms with Gasteiger partial charge in [0.1, 0.15) is 6.10 Å². The highest BCUT2D eigenvalue weighted by Gasteiger charge is 2.34. The standard InChI is InChI=1S/C21H23NO4/c23-20(18-11-12-19(26-18)21(24)25)22-14-17(16-9-5-2-6-10-16)13-15-7-3-1-4-8-15/h1-10,17-19H,11-14H2,(H,22,23)(H,24,25)/t17?,18-,19+/m0/s1. The summed E-state index contributed by atoms with van der Waals surface area (Å²) < 4.78 is 5.33. The average Bonchev–Trinajstić information content (AvgIpc) is 3.17. The van der Waals surface area contributed by atoms with Crippen LogP contribution in [0.15, 0.2) is 60.7 Å². The molecule has 5 nitrogen and oxygen atoms in total. The fourth-order valence-electron chi connectivity index (χ4n) is 3.28. The lowest BCUT2D eigenvalue weighted by Gasteiger charge is -2.20. The third-order valence-corrected chi connectivity index (χ3v) is 4.71. The highest BCUT2D eigenvalue weighted by atomic mass is 16.5. The fourth-order valence-corrected chi connectivity index (χ4v) is 3.28. The molecule has 1 aliphatic rings. The maximum atomic E-state index is 12.4. The van der Waals surface area contributed by atoms with Gasteiger partial charge in [0.05, 0.1) is 0 Å². The Hall–Kier alpha value is -2.66. The Bertz CT molecular complexity index is 732. The van der Waals surface area contributed by atoms with Gasteiger partial charge in [-0.25, -0.2) is 4.79 Å². The van der Waals surface area contributed by atoms with Crippen LogP contribution in [0.4, 0.5) is 0 Å². The van der Waals surface area contributed by atoms with E-state index in [4.69, 9.17) is 9.84 Å². The summed E-state index contributed by atoms with van der Waals surface area (Å²) in [5.41, 5.74) is 2.37. The van der Waals surface area contributed by atoms with E-state index in [1.54, 1.807) is 0 Å². The number of benzene rings is 2. The summed E-state index contributed by atoms with van der Waals surface area (Å²) in [6.45, 7) is 0.481. The number of aliphatic carboxylic acids is 1. The Morgan fingerprint density at radius 3 is 2.23 bits per heavy atom. The molecule has 2 N–H and O–H groups in total. The zero-order chi connectivity index (χ0) is 18.4. The maximum Gasteiger partial charge on any atom is 0.332 e. The molecule has 1 fully saturated rings. The first-order valence-corrected chi connectivity index (χ1v) is 8.88. The molecule has 0 aromatic heterocycles. The van der Waals surface area contributed by atoms with E-state index in [1.807, 2.05) is 36.4 Å². The first-order chi connectivity index (χ1) is 12.6. The molecule has 0 radical (unpaired) electrons. The second kappa shape index (κ2) is 8.63. The van der Waals surface area contributed by atoms with Gasteiger partial charge in [0.15, 0.2) is 6.10 Å². The van der Waals surface area contributed by atoms with Gasteiger partial charge >= 0.3 is 5.97 Å². The van der Waals surface area contributed by atoms with Crippen LogP contribution in [0.5, 0.6) is 0 Å². The van der Waals surface area contributed by atoms with Crippen LogP contribution in [0.2, 0.25) is 0 Å². The number of amides is 1. The van der Waals surface area contributed by atoms with Gasteiger partial charge in [-0.2, -0.15) is 0 Å². The Morgan fingerprint density at radius 1 is 1.00 bits per heavy atom. The van der Waals surface area contributed by atoms with Crippen LogP contribution in [-0.2, 0) is 20.7 Å². The summed E-state index contributed by atoms with van der Waals surface area (Å²) in [6, 6.07) is 20.2. The van der Waals surface area contributed by atoms with Crippen molar-refractivity contribution in [2.24, 2.45) is 0 Å². The van der Waals surface area contributed by atoms with Crippen molar-refractivity contribution in [3.8, 4) is 0 Å². The maximum absolute atomic E-state index is 12.4. The van der Waals surface area contributed by atoms with E-state index in [2.05, 4.69) is 29.6 Å². The molecule has 0 spiro atoms. The van der Waals surface area contributed by atoms with Crippen LogP contribution in [0.1, 0.15) is 29.9 Å². The van der Waals surface area contributed by atoms with Crippen molar-refractivity contribution in [1.29, 1.82) is 0 Å². The zero-order valence-electron chi connectivity index (χ0n) is 14.5. The lowest BCUT2D eigenvalue weighted by Crippen LogP contribution is -2.38. The molecule has 1 unspecified atom stereocenters. The molecular formula is C21H23NO4. The minimum atomic E-state index is -1.01. The molecule has 1 heterocycles. The molecule has 1 aliphatic heterocycles. The molecule has 2 aromatic rings. The second-order valence-electron chi connectivity index (χ2n) is 6.57. The first-order valence-electron chi connectivity index (χ1n) is 8.88. The minimum Gasteiger partial charge on any atom is -0.479 e. The Labute approximate surface area is 153 Å². The Kier molecular flexibility index (Phi) is 6.02. The van der Waals surface area contributed by atoms with Crippen molar-refractivity contribution >= 4 is 11.9 Å². The second-order valence-corrected chi connectivity index (χ2v) is 6.57. The number of rotatable bonds is 7. The van der Waals surface area contributed by atoms with E-state index < -0.39 is 18.2 Å². The number of carboxylic acid groups (broad SMARTS) is 1. The van der Waals surface area contributed by atoms with Gasteiger partial charge < -0.3 is 15.2 Å². The summed E-state index contributed by atoms with van der Waals surface area (Å²) in [7, 11) is 0. The molecule has 3 atom stereocenters. The molecule has 0 saturated carbocycles. The summed E-state index contributed by atoms with van der Waals surface area (Å²) in [5.74, 6) is -1.10. The summed E-state index contributed by atoms with van der Waals surface area (Å²) in [5, 5.41) is 11.9. The van der Waals surface area contributed by atoms with Gasteiger partial charge in [-0.15, -0.1) is 0 Å². The third-order valence-electron chi connectivity index (χ3n) is 4.71. The van der Waals surface area contributed by atoms with Crippen LogP contribution in [0.3, 0.4) is 0 Å². The van der Waals surface area contributed by atoms with Crippen LogP contribution >= 0.6 is 0 Å². The average molecular weight is 353 g/mol. The highest BCUT2D eigenvalue weighted by Crippen LogP contribution is 2.22. The number of carbonyl (C=O) groups is 2. The van der Waals surface area contributed by atoms with Crippen LogP contribution in [0, 0.1) is 0 Å². The van der Waals surface area contributed by atoms with Crippen molar-refractivity contribution in [2.45, 2.75) is 37.4 Å². The van der Waals surface area contributed by atoms with Gasteiger partial charge in [-0.3, -0.25) is 4.79 Å². The van der Waals surface area contributed by atoms with Crippen LogP contribution < -0.4 is 5.32 Å². The summed E-state index contributed by atoms with van der Waals surface area (Å²) in [6.07, 6.45) is 0.0788. The minimum absolute atomic E-state index is 0.138. The molecule has 0 bridgehead atoms. The van der Waals surface area contributed by atoms with Gasteiger partial charge in [0.25, 0.3) is 0 Å². The van der Waals surface area contributed by atoms with Crippen molar-refractivity contribution < 1.29 is 19.4 Å². The number of hydrogen-bond donors (Lipinski definition) is 2. The molecule has 1 saturated heterocycles. The van der Waals surface area contributed by atoms with E-state index in [0.717, 1.165) is 12.0 Å². The molecule has 0 aliphatic carbocycles. The van der Waals surface area contributed by atoms with Gasteiger partial charge in [-0.05, 0) is 30.4 Å². The predicted octanol–water partition coefficient (Wildman–Crippen LogP) is 2.76. The fraction of sp³-hybridized carbons (Fsp3) is 0.333. The molecule has 2 aromatic carbocycles. The lowest BCUT2D eigenvalue weighted by atomic mass is 9.92. The number of hydrogen-bond acceptors (Lipinski definition) is 3. The van der Waals surface area contributed by atoms with E-state index >= 15 is 0 Å². The first kappa shape index (κ1) is 18.1. The highest BCUT2D eigenvalue weighted by molar-refractivity contribution is 5.82. The summed E-state index contributed by atoms with van der Waals surface area (Å²) >= 11 is 0. The molecule has 26 heavy (non-hydrogen) atoms. The monoisotopic (exact) mass is 353 g/mol. The number of carbonyl (C=O) groups excluding carboxylic acids is 1. The summed E-state index contributed by atoms with van der Waals surface area (Å²) in [4.78, 5) is 23.3. The predicted molar refractivity (Wildman–Crippen MR) is 97.9 cm³/mol. The molecule has 136 valence electrons. The Morgan fingerprint density at radius 2 is 1.62 bits per heavy atom. The van der Waals surface area contributed by atoms with Crippen molar-refractivity contribution in [2.75, 3.05) is 6.54 Å². The number of ether oxygens (including phenoxy) is 1. The Balaban J connectivity index is 1.63. The third kappa shape index (κ3) is 4.70. The molecule has 1 amide bonds. The van der Waals surface area contributed by atoms with Crippen molar-refractivity contribution in [3.05, 3.63) is 71.8 Å². The van der Waals surface area contributed by atoms with E-state index in [1.165, 1.54) is 5.56 Å². The largest absolute Gasteiger partial charge is 0.479 e. The number of carboxylic acids is 1. The van der Waals surface area contributed by atoms with Crippen LogP contribution in [0.25, 0.3) is 0 Å². The lowest BCUT2D eigenvalue weighted by molar-refractivity contribution is -0.151. The SMILES string of the molecule is O=C(NCC(Cc1ccccc1)c1ccccc1)[C@@H]1CC[C@H](C(=O)O)O1. The van der Waals surface area contributed by atoms with Crippen LogP contribution in [-0.4, -0.2) is 35.7 Å². The van der Waals surface area contributed by atoms with Crippen molar-refractivity contribution in [1.82, 2.24) is 5.32 Å². The van der Waals surface area contributed by atoms with Gasteiger partial charge in [-0.1, -0.05) is 60.7 Å². The van der Waals surface area contributed by atoms with E-state index in [-0.39, 0.29) is 11.8 Å². The van der Waals surface area contributed by atoms with E-state index in [0.29, 0.717) is 19.4 Å². The topological polar surface area (TPSA) is 75.6 Å². The van der Waals surface area contributed by atoms with Gasteiger partial charge in [0.2, 0.25) is 5.91 Å². The normalized spacial score (nSPS) is 20.5. The van der Waals surface area contributed by atoms with E-state index in [9.17, 15) is 9.59 Å². The smallest absolute Gasteiger partial charge is 0.332 e. The molecular weight excluding hydrogens is 330 g/mol. The van der Waals surface area contributed by atoms with Crippen molar-refractivity contribution in [3.63, 3.8) is 0 Å². The molecule has 5 heteroatoms.